The minimum absolute atomic E-state index is 0.853. The molecule has 0 aliphatic carbocycles. The van der Waals surface area contributed by atoms with Crippen LogP contribution in [0, 0.1) is 11.3 Å². The van der Waals surface area contributed by atoms with Crippen molar-refractivity contribution in [1.82, 2.24) is 0 Å². The van der Waals surface area contributed by atoms with Crippen LogP contribution in [0.1, 0.15) is 39.0 Å². The summed E-state index contributed by atoms with van der Waals surface area (Å²) >= 11 is 1.53. The van der Waals surface area contributed by atoms with Crippen LogP contribution in [0.3, 0.4) is 0 Å². The van der Waals surface area contributed by atoms with Crippen molar-refractivity contribution in [2.24, 2.45) is 0 Å². The molecule has 0 heterocycles. The van der Waals surface area contributed by atoms with Crippen LogP contribution in [0.2, 0.25) is 0 Å². The second-order valence-corrected chi connectivity index (χ2v) is 3.58. The van der Waals surface area contributed by atoms with Gasteiger partial charge < -0.3 is 0 Å². The number of allylic oxidation sites excluding steroid dienone is 2. The number of nitriles is 1. The van der Waals surface area contributed by atoms with Gasteiger partial charge in [-0.3, -0.25) is 0 Å². The van der Waals surface area contributed by atoms with Crippen molar-refractivity contribution in [3.8, 4) is 6.07 Å². The number of unbranched alkanes of at least 4 members (excludes halogenated alkanes) is 4. The topological polar surface area (TPSA) is 23.8 Å². The normalized spacial score (nSPS) is 11.2. The number of hydrogen-bond acceptors (Lipinski definition) is 2. The Balaban J connectivity index is 3.40. The zero-order chi connectivity index (χ0) is 9.23. The van der Waals surface area contributed by atoms with Gasteiger partial charge in [-0.2, -0.15) is 5.26 Å². The number of thioether (sulfide) groups is 1. The molecular formula is C10H17NS. The monoisotopic (exact) mass is 183 g/mol. The van der Waals surface area contributed by atoms with E-state index in [-0.39, 0.29) is 0 Å². The fourth-order valence-electron chi connectivity index (χ4n) is 0.979. The van der Waals surface area contributed by atoms with E-state index in [1.165, 1.54) is 37.4 Å². The first-order chi connectivity index (χ1) is 5.85. The van der Waals surface area contributed by atoms with E-state index in [0.717, 1.165) is 11.3 Å². The van der Waals surface area contributed by atoms with Crippen molar-refractivity contribution in [3.05, 3.63) is 11.0 Å². The Morgan fingerprint density at radius 2 is 2.17 bits per heavy atom. The van der Waals surface area contributed by atoms with Crippen LogP contribution in [0.5, 0.6) is 0 Å². The molecule has 0 unspecified atom stereocenters. The molecule has 0 amide bonds. The van der Waals surface area contributed by atoms with Crippen molar-refractivity contribution >= 4 is 11.8 Å². The summed E-state index contributed by atoms with van der Waals surface area (Å²) in [6.45, 7) is 2.21. The van der Waals surface area contributed by atoms with Crippen LogP contribution in [0.4, 0.5) is 0 Å². The van der Waals surface area contributed by atoms with E-state index in [9.17, 15) is 0 Å². The second kappa shape index (κ2) is 8.67. The van der Waals surface area contributed by atoms with Gasteiger partial charge in [-0.1, -0.05) is 32.3 Å². The van der Waals surface area contributed by atoms with Gasteiger partial charge in [0.2, 0.25) is 0 Å². The second-order valence-electron chi connectivity index (χ2n) is 2.73. The highest BCUT2D eigenvalue weighted by Gasteiger charge is 1.90. The molecule has 68 valence electrons. The summed E-state index contributed by atoms with van der Waals surface area (Å²) in [6.07, 6.45) is 10.1. The Hall–Kier alpha value is -0.420. The molecule has 0 aliphatic rings. The molecule has 0 rings (SSSR count). The Morgan fingerprint density at radius 3 is 2.67 bits per heavy atom. The molecule has 0 aromatic heterocycles. The van der Waals surface area contributed by atoms with Crippen molar-refractivity contribution < 1.29 is 0 Å². The maximum absolute atomic E-state index is 8.59. The van der Waals surface area contributed by atoms with E-state index in [0.29, 0.717) is 0 Å². The van der Waals surface area contributed by atoms with Crippen LogP contribution in [-0.4, -0.2) is 6.26 Å². The van der Waals surface area contributed by atoms with Crippen LogP contribution in [-0.2, 0) is 0 Å². The van der Waals surface area contributed by atoms with E-state index in [2.05, 4.69) is 13.0 Å². The first kappa shape index (κ1) is 11.6. The van der Waals surface area contributed by atoms with Crippen molar-refractivity contribution in [2.45, 2.75) is 39.0 Å². The van der Waals surface area contributed by atoms with Crippen molar-refractivity contribution in [2.75, 3.05) is 6.26 Å². The molecule has 0 aromatic carbocycles. The lowest BCUT2D eigenvalue weighted by atomic mass is 10.1. The third-order valence-corrected chi connectivity index (χ3v) is 2.42. The molecule has 0 N–H and O–H groups in total. The van der Waals surface area contributed by atoms with Gasteiger partial charge in [-0.05, 0) is 19.1 Å². The molecule has 0 aromatic rings. The van der Waals surface area contributed by atoms with Crippen LogP contribution >= 0.6 is 11.8 Å². The van der Waals surface area contributed by atoms with Gasteiger partial charge in [0.25, 0.3) is 0 Å². The minimum Gasteiger partial charge on any atom is -0.192 e. The predicted molar refractivity (Wildman–Crippen MR) is 56.0 cm³/mol. The van der Waals surface area contributed by atoms with Crippen molar-refractivity contribution in [3.63, 3.8) is 0 Å². The maximum Gasteiger partial charge on any atom is 0.106 e. The Labute approximate surface area is 79.8 Å². The average Bonchev–Trinajstić information content (AvgIpc) is 2.11. The van der Waals surface area contributed by atoms with Crippen LogP contribution < -0.4 is 0 Å². The predicted octanol–water partition coefficient (Wildman–Crippen LogP) is 3.73. The lowest BCUT2D eigenvalue weighted by Crippen LogP contribution is -1.75. The van der Waals surface area contributed by atoms with Gasteiger partial charge in [-0.15, -0.1) is 11.8 Å². The lowest BCUT2D eigenvalue weighted by molar-refractivity contribution is 0.674. The van der Waals surface area contributed by atoms with Gasteiger partial charge in [0.05, 0.1) is 4.91 Å². The summed E-state index contributed by atoms with van der Waals surface area (Å²) in [6, 6.07) is 2.17. The molecule has 0 atom stereocenters. The SMILES string of the molecule is CCCCCC/C=C(/C#N)SC. The average molecular weight is 183 g/mol. The quantitative estimate of drug-likeness (QED) is 0.463. The Kier molecular flexibility index (Phi) is 8.37. The molecule has 0 saturated heterocycles. The summed E-state index contributed by atoms with van der Waals surface area (Å²) in [5, 5.41) is 8.59. The van der Waals surface area contributed by atoms with E-state index in [1.807, 2.05) is 12.3 Å². The molecule has 0 bridgehead atoms. The minimum atomic E-state index is 0.853. The number of rotatable bonds is 6. The zero-order valence-electron chi connectivity index (χ0n) is 7.97. The lowest BCUT2D eigenvalue weighted by Gasteiger charge is -1.95. The summed E-state index contributed by atoms with van der Waals surface area (Å²) < 4.78 is 0. The highest BCUT2D eigenvalue weighted by molar-refractivity contribution is 8.02. The molecule has 12 heavy (non-hydrogen) atoms. The van der Waals surface area contributed by atoms with Gasteiger partial charge >= 0.3 is 0 Å². The summed E-state index contributed by atoms with van der Waals surface area (Å²) in [7, 11) is 0. The number of hydrogen-bond donors (Lipinski definition) is 0. The van der Waals surface area contributed by atoms with Gasteiger partial charge in [0.1, 0.15) is 6.07 Å². The number of nitrogens with zero attached hydrogens (tertiary/aromatic N) is 1. The fourth-order valence-corrected chi connectivity index (χ4v) is 1.35. The molecule has 0 spiro atoms. The summed E-state index contributed by atoms with van der Waals surface area (Å²) in [5.41, 5.74) is 0. The molecule has 0 fully saturated rings. The van der Waals surface area contributed by atoms with E-state index in [4.69, 9.17) is 5.26 Å². The maximum atomic E-state index is 8.59. The first-order valence-corrected chi connectivity index (χ1v) is 5.71. The van der Waals surface area contributed by atoms with Crippen molar-refractivity contribution in [1.29, 1.82) is 5.26 Å². The highest BCUT2D eigenvalue weighted by Crippen LogP contribution is 2.12. The molecule has 2 heteroatoms. The standard InChI is InChI=1S/C10H17NS/c1-3-4-5-6-7-8-10(9-11)12-2/h8H,3-7H2,1-2H3/b10-8-. The van der Waals surface area contributed by atoms with E-state index < -0.39 is 0 Å². The molecule has 0 aliphatic heterocycles. The first-order valence-electron chi connectivity index (χ1n) is 4.49. The van der Waals surface area contributed by atoms with E-state index in [1.54, 1.807) is 0 Å². The Morgan fingerprint density at radius 1 is 1.42 bits per heavy atom. The van der Waals surface area contributed by atoms with Crippen LogP contribution in [0.15, 0.2) is 11.0 Å². The molecule has 1 nitrogen and oxygen atoms in total. The van der Waals surface area contributed by atoms with Gasteiger partial charge in [0.15, 0.2) is 0 Å². The summed E-state index contributed by atoms with van der Waals surface area (Å²) in [4.78, 5) is 0.853. The van der Waals surface area contributed by atoms with E-state index >= 15 is 0 Å². The smallest absolute Gasteiger partial charge is 0.106 e. The van der Waals surface area contributed by atoms with Gasteiger partial charge in [0, 0.05) is 0 Å². The third-order valence-electron chi connectivity index (χ3n) is 1.72. The summed E-state index contributed by atoms with van der Waals surface area (Å²) in [5.74, 6) is 0. The highest BCUT2D eigenvalue weighted by atomic mass is 32.2. The largest absolute Gasteiger partial charge is 0.192 e. The van der Waals surface area contributed by atoms with Crippen LogP contribution in [0.25, 0.3) is 0 Å². The zero-order valence-corrected chi connectivity index (χ0v) is 8.78. The fraction of sp³-hybridized carbons (Fsp3) is 0.700. The molecule has 0 radical (unpaired) electrons. The van der Waals surface area contributed by atoms with Gasteiger partial charge in [-0.25, -0.2) is 0 Å². The molecular weight excluding hydrogens is 166 g/mol. The Bertz CT molecular complexity index is 167. The molecule has 0 saturated carbocycles. The third kappa shape index (κ3) is 6.30.